The van der Waals surface area contributed by atoms with Crippen LogP contribution < -0.4 is 20.7 Å². The predicted molar refractivity (Wildman–Crippen MR) is 292 cm³/mol. The summed E-state index contributed by atoms with van der Waals surface area (Å²) in [6.07, 6.45) is 0. The zero-order chi connectivity index (χ0) is 45.7. The van der Waals surface area contributed by atoms with Gasteiger partial charge in [-0.25, -0.2) is 15.0 Å². The zero-order valence-electron chi connectivity index (χ0n) is 37.4. The largest absolute Gasteiger partial charge is 0.309 e. The van der Waals surface area contributed by atoms with Crippen molar-refractivity contribution in [3.63, 3.8) is 0 Å². The lowest BCUT2D eigenvalue weighted by Gasteiger charge is -2.34. The third-order valence-corrected chi connectivity index (χ3v) is 19.6. The van der Waals surface area contributed by atoms with Gasteiger partial charge in [-0.3, -0.25) is 0 Å². The molecule has 0 fully saturated rings. The molecule has 0 aliphatic carbocycles. The Bertz CT molecular complexity index is 3880. The van der Waals surface area contributed by atoms with Gasteiger partial charge in [0, 0.05) is 47.6 Å². The number of hydrogen-bond acceptors (Lipinski definition) is 4. The first-order valence-corrected chi connectivity index (χ1v) is 26.2. The third-order valence-electron chi connectivity index (χ3n) is 13.6. The van der Waals surface area contributed by atoms with E-state index >= 15 is 0 Å². The highest BCUT2D eigenvalue weighted by atomic mass is 32.1. The molecule has 0 radical (unpaired) electrons. The molecular formula is C63H42N4SSi. The smallest absolute Gasteiger partial charge is 0.179 e. The molecule has 0 atom stereocenters. The van der Waals surface area contributed by atoms with Gasteiger partial charge in [0.15, 0.2) is 25.5 Å². The van der Waals surface area contributed by atoms with Crippen molar-refractivity contribution in [2.24, 2.45) is 0 Å². The predicted octanol–water partition coefficient (Wildman–Crippen LogP) is 13.4. The van der Waals surface area contributed by atoms with Crippen LogP contribution in [0.3, 0.4) is 0 Å². The topological polar surface area (TPSA) is 43.6 Å². The Morgan fingerprint density at radius 2 is 0.768 bits per heavy atom. The van der Waals surface area contributed by atoms with E-state index in [4.69, 9.17) is 15.0 Å². The summed E-state index contributed by atoms with van der Waals surface area (Å²) in [6, 6.07) is 92.0. The van der Waals surface area contributed by atoms with Crippen molar-refractivity contribution in [3.8, 4) is 51.0 Å². The van der Waals surface area contributed by atoms with Crippen molar-refractivity contribution < 1.29 is 0 Å². The SMILES string of the molecule is c1ccc([Si](c2ccccc2)(c2ccccc2)c2cccc(-c3nc(-c4cccc(-c5cccc6c5sc5ccccc56)c4)nc(-c4ccccc4-n4c5ccccc5c5ccccc54)n3)c2)cc1. The number of benzene rings is 10. The van der Waals surface area contributed by atoms with E-state index in [9.17, 15) is 0 Å². The lowest BCUT2D eigenvalue weighted by Crippen LogP contribution is -2.74. The highest BCUT2D eigenvalue weighted by Crippen LogP contribution is 2.41. The molecule has 0 bridgehead atoms. The second kappa shape index (κ2) is 17.0. The molecule has 13 aromatic rings. The van der Waals surface area contributed by atoms with Gasteiger partial charge < -0.3 is 4.57 Å². The fraction of sp³-hybridized carbons (Fsp3) is 0. The summed E-state index contributed by atoms with van der Waals surface area (Å²) < 4.78 is 4.91. The quantitative estimate of drug-likeness (QED) is 0.107. The van der Waals surface area contributed by atoms with Gasteiger partial charge in [-0.1, -0.05) is 218 Å². The summed E-state index contributed by atoms with van der Waals surface area (Å²) in [5.41, 5.74) is 8.32. The van der Waals surface area contributed by atoms with Gasteiger partial charge in [-0.15, -0.1) is 11.3 Å². The highest BCUT2D eigenvalue weighted by molar-refractivity contribution is 7.26. The van der Waals surface area contributed by atoms with Gasteiger partial charge >= 0.3 is 0 Å². The minimum Gasteiger partial charge on any atom is -0.309 e. The molecule has 0 aliphatic heterocycles. The highest BCUT2D eigenvalue weighted by Gasteiger charge is 2.41. The molecule has 69 heavy (non-hydrogen) atoms. The Labute approximate surface area is 405 Å². The third kappa shape index (κ3) is 6.83. The molecule has 0 saturated heterocycles. The summed E-state index contributed by atoms with van der Waals surface area (Å²) in [5.74, 6) is 1.83. The fourth-order valence-electron chi connectivity index (χ4n) is 10.6. The molecule has 0 unspecified atom stereocenters. The standard InChI is InChI=1S/C63H42N4SSi/c1-4-24-46(25-5-1)69(47-26-6-2-7-27-47,48-28-8-3-9-29-48)49-30-19-23-45(42-49)62-64-61(44-22-18-21-43(41-44)50-35-20-36-54-53-33-13-17-40-59(53)68-60(50)54)65-63(66-62)55-34-12-16-39-58(55)67-56-37-14-10-31-51(56)52-32-11-15-38-57(52)67/h1-42H. The second-order valence-electron chi connectivity index (χ2n) is 17.5. The van der Waals surface area contributed by atoms with Crippen LogP contribution >= 0.6 is 11.3 Å². The monoisotopic (exact) mass is 914 g/mol. The van der Waals surface area contributed by atoms with Crippen molar-refractivity contribution in [2.45, 2.75) is 0 Å². The van der Waals surface area contributed by atoms with Gasteiger partial charge in [0.25, 0.3) is 0 Å². The van der Waals surface area contributed by atoms with E-state index in [-0.39, 0.29) is 0 Å². The molecule has 3 heterocycles. The van der Waals surface area contributed by atoms with Crippen LogP contribution in [0.1, 0.15) is 0 Å². The van der Waals surface area contributed by atoms with E-state index in [1.165, 1.54) is 57.3 Å². The van der Waals surface area contributed by atoms with E-state index in [1.807, 2.05) is 11.3 Å². The minimum atomic E-state index is -2.87. The summed E-state index contributed by atoms with van der Waals surface area (Å²) in [7, 11) is -2.87. The molecule has 0 amide bonds. The number of rotatable bonds is 9. The van der Waals surface area contributed by atoms with Crippen molar-refractivity contribution in [3.05, 3.63) is 255 Å². The first kappa shape index (κ1) is 40.7. The normalized spacial score (nSPS) is 11.8. The van der Waals surface area contributed by atoms with Gasteiger partial charge in [0.1, 0.15) is 0 Å². The van der Waals surface area contributed by atoms with E-state index in [1.54, 1.807) is 0 Å². The van der Waals surface area contributed by atoms with Crippen LogP contribution in [0.2, 0.25) is 0 Å². The van der Waals surface area contributed by atoms with Gasteiger partial charge in [0.2, 0.25) is 0 Å². The number of aromatic nitrogens is 4. The van der Waals surface area contributed by atoms with Crippen LogP contribution in [-0.4, -0.2) is 27.6 Å². The molecule has 10 aromatic carbocycles. The van der Waals surface area contributed by atoms with E-state index in [0.29, 0.717) is 17.5 Å². The molecule has 6 heteroatoms. The van der Waals surface area contributed by atoms with Gasteiger partial charge in [-0.05, 0) is 68.3 Å². The maximum absolute atomic E-state index is 5.50. The number of para-hydroxylation sites is 3. The Morgan fingerprint density at radius 1 is 0.319 bits per heavy atom. The van der Waals surface area contributed by atoms with Gasteiger partial charge in [-0.2, -0.15) is 0 Å². The Balaban J connectivity index is 1.05. The number of nitrogens with zero attached hydrogens (tertiary/aromatic N) is 4. The van der Waals surface area contributed by atoms with Crippen LogP contribution in [0.25, 0.3) is 93.0 Å². The Morgan fingerprint density at radius 3 is 1.42 bits per heavy atom. The summed E-state index contributed by atoms with van der Waals surface area (Å²) >= 11 is 1.84. The molecule has 3 aromatic heterocycles. The van der Waals surface area contributed by atoms with Crippen LogP contribution in [0, 0.1) is 0 Å². The van der Waals surface area contributed by atoms with E-state index < -0.39 is 8.07 Å². The van der Waals surface area contributed by atoms with Crippen LogP contribution in [0.15, 0.2) is 255 Å². The zero-order valence-corrected chi connectivity index (χ0v) is 39.3. The molecule has 0 N–H and O–H groups in total. The molecule has 0 spiro atoms. The molecule has 13 rings (SSSR count). The van der Waals surface area contributed by atoms with Crippen molar-refractivity contribution in [1.29, 1.82) is 0 Å². The summed E-state index contributed by atoms with van der Waals surface area (Å²) in [4.78, 5) is 16.4. The Hall–Kier alpha value is -8.55. The first-order chi connectivity index (χ1) is 34.2. The average Bonchev–Trinajstić information content (AvgIpc) is 3.98. The minimum absolute atomic E-state index is 0.604. The molecule has 0 saturated carbocycles. The Kier molecular flexibility index (Phi) is 10.00. The van der Waals surface area contributed by atoms with E-state index in [2.05, 4.69) is 259 Å². The average molecular weight is 915 g/mol. The fourth-order valence-corrected chi connectivity index (χ4v) is 16.6. The lowest BCUT2D eigenvalue weighted by atomic mass is 10.0. The summed E-state index contributed by atoms with van der Waals surface area (Å²) in [5, 5.41) is 10.1. The van der Waals surface area contributed by atoms with Crippen molar-refractivity contribution in [1.82, 2.24) is 19.5 Å². The van der Waals surface area contributed by atoms with Crippen molar-refractivity contribution in [2.75, 3.05) is 0 Å². The van der Waals surface area contributed by atoms with Gasteiger partial charge in [0.05, 0.1) is 16.7 Å². The number of thiophene rings is 1. The maximum atomic E-state index is 5.50. The van der Waals surface area contributed by atoms with Crippen LogP contribution in [-0.2, 0) is 0 Å². The molecule has 324 valence electrons. The lowest BCUT2D eigenvalue weighted by molar-refractivity contribution is 1.06. The first-order valence-electron chi connectivity index (χ1n) is 23.3. The van der Waals surface area contributed by atoms with Crippen LogP contribution in [0.4, 0.5) is 0 Å². The van der Waals surface area contributed by atoms with Crippen molar-refractivity contribution >= 4 is 82.1 Å². The maximum Gasteiger partial charge on any atom is 0.179 e. The molecule has 0 aliphatic rings. The molecule has 4 nitrogen and oxygen atoms in total. The van der Waals surface area contributed by atoms with Crippen LogP contribution in [0.5, 0.6) is 0 Å². The number of fused-ring (bicyclic) bond motifs is 6. The molecular weight excluding hydrogens is 873 g/mol. The number of hydrogen-bond donors (Lipinski definition) is 0. The summed E-state index contributed by atoms with van der Waals surface area (Å²) in [6.45, 7) is 0. The van der Waals surface area contributed by atoms with E-state index in [0.717, 1.165) is 39.0 Å². The second-order valence-corrected chi connectivity index (χ2v) is 22.3.